The van der Waals surface area contributed by atoms with Gasteiger partial charge in [0, 0.05) is 11.8 Å². The minimum atomic E-state index is -9.85. The van der Waals surface area contributed by atoms with Crippen LogP contribution in [-0.4, -0.2) is 30.1 Å². The zero-order valence-electron chi connectivity index (χ0n) is 17.0. The first-order valence-electron chi connectivity index (χ1n) is 10.1. The maximum absolute atomic E-state index is 12.9. The highest BCUT2D eigenvalue weighted by Crippen LogP contribution is 3.02. The monoisotopic (exact) mass is 484 g/mol. The highest BCUT2D eigenvalue weighted by molar-refractivity contribution is 8.45. The van der Waals surface area contributed by atoms with E-state index in [9.17, 15) is 33.8 Å². The summed E-state index contributed by atoms with van der Waals surface area (Å²) < 4.78 is 80.3. The van der Waals surface area contributed by atoms with Gasteiger partial charge in [0.1, 0.15) is 22.9 Å². The Morgan fingerprint density at radius 1 is 1.12 bits per heavy atom. The van der Waals surface area contributed by atoms with E-state index in [1.807, 2.05) is 0 Å². The second kappa shape index (κ2) is 6.58. The summed E-state index contributed by atoms with van der Waals surface area (Å²) in [5.74, 6) is -5.49. The summed E-state index contributed by atoms with van der Waals surface area (Å²) in [6, 6.07) is 1.52. The third-order valence-electron chi connectivity index (χ3n) is 6.57. The van der Waals surface area contributed by atoms with Crippen molar-refractivity contribution in [1.29, 1.82) is 0 Å². The van der Waals surface area contributed by atoms with Crippen LogP contribution in [0.5, 0.6) is 5.75 Å². The lowest BCUT2D eigenvalue weighted by molar-refractivity contribution is -0.167. The lowest BCUT2D eigenvalue weighted by atomic mass is 9.78. The number of carbonyl (C=O) groups is 3. The fourth-order valence-electron chi connectivity index (χ4n) is 4.83. The maximum atomic E-state index is 12.9. The Morgan fingerprint density at radius 3 is 2.31 bits per heavy atom. The highest BCUT2D eigenvalue weighted by atomic mass is 32.5. The van der Waals surface area contributed by atoms with Crippen molar-refractivity contribution in [2.75, 3.05) is 0 Å². The van der Waals surface area contributed by atoms with E-state index in [1.54, 1.807) is 13.8 Å². The van der Waals surface area contributed by atoms with Crippen molar-refractivity contribution in [2.24, 2.45) is 29.6 Å². The van der Waals surface area contributed by atoms with Crippen LogP contribution in [0.25, 0.3) is 0 Å². The number of esters is 3. The van der Waals surface area contributed by atoms with Gasteiger partial charge in [0.25, 0.3) is 0 Å². The maximum Gasteiger partial charge on any atom is 0.315 e. The topological polar surface area (TPSA) is 78.9 Å². The van der Waals surface area contributed by atoms with Crippen LogP contribution in [-0.2, 0) is 23.9 Å². The van der Waals surface area contributed by atoms with Crippen LogP contribution in [0.2, 0.25) is 0 Å². The molecular formula is C20H21F5O6S. The molecule has 3 fully saturated rings. The molecule has 0 spiro atoms. The molecule has 0 amide bonds. The van der Waals surface area contributed by atoms with Crippen molar-refractivity contribution in [3.05, 3.63) is 24.3 Å². The Balaban J connectivity index is 1.53. The predicted molar refractivity (Wildman–Crippen MR) is 101 cm³/mol. The van der Waals surface area contributed by atoms with Gasteiger partial charge in [-0.15, -0.1) is 0 Å². The van der Waals surface area contributed by atoms with E-state index in [0.29, 0.717) is 25.0 Å². The number of benzene rings is 1. The Hall–Kier alpha value is -2.37. The molecule has 2 aliphatic carbocycles. The van der Waals surface area contributed by atoms with Crippen molar-refractivity contribution in [2.45, 2.75) is 43.8 Å². The fraction of sp³-hybridized carbons (Fsp3) is 0.550. The predicted octanol–water partition coefficient (Wildman–Crippen LogP) is 5.01. The van der Waals surface area contributed by atoms with Gasteiger partial charge in [0.05, 0.1) is 17.8 Å². The first-order valence-corrected chi connectivity index (χ1v) is 12.0. The van der Waals surface area contributed by atoms with Crippen LogP contribution in [0.4, 0.5) is 19.4 Å². The summed E-state index contributed by atoms with van der Waals surface area (Å²) in [4.78, 5) is 35.3. The summed E-state index contributed by atoms with van der Waals surface area (Å²) >= 11 is 0. The van der Waals surface area contributed by atoms with Gasteiger partial charge in [-0.3, -0.25) is 14.4 Å². The molecule has 2 bridgehead atoms. The van der Waals surface area contributed by atoms with Crippen molar-refractivity contribution in [3.8, 4) is 5.75 Å². The lowest BCUT2D eigenvalue weighted by Crippen LogP contribution is -2.44. The van der Waals surface area contributed by atoms with Crippen LogP contribution >= 0.6 is 10.2 Å². The van der Waals surface area contributed by atoms with Gasteiger partial charge < -0.3 is 14.2 Å². The molecule has 1 aliphatic heterocycles. The number of rotatable bonds is 6. The van der Waals surface area contributed by atoms with Gasteiger partial charge in [-0.1, -0.05) is 33.3 Å². The smallest absolute Gasteiger partial charge is 0.315 e. The van der Waals surface area contributed by atoms with Gasteiger partial charge in [-0.25, -0.2) is 0 Å². The first kappa shape index (κ1) is 22.8. The van der Waals surface area contributed by atoms with Gasteiger partial charge >= 0.3 is 28.1 Å². The molecule has 12 heteroatoms. The van der Waals surface area contributed by atoms with E-state index in [0.717, 1.165) is 0 Å². The summed E-state index contributed by atoms with van der Waals surface area (Å²) in [7, 11) is -9.85. The van der Waals surface area contributed by atoms with Gasteiger partial charge in [-0.05, 0) is 37.1 Å². The van der Waals surface area contributed by atoms with Gasteiger partial charge in [0.15, 0.2) is 0 Å². The van der Waals surface area contributed by atoms with Crippen molar-refractivity contribution >= 4 is 28.1 Å². The normalized spacial score (nSPS) is 33.8. The third kappa shape index (κ3) is 3.82. The molecule has 1 saturated heterocycles. The molecule has 7 unspecified atom stereocenters. The Morgan fingerprint density at radius 2 is 1.75 bits per heavy atom. The summed E-state index contributed by atoms with van der Waals surface area (Å²) in [6.07, 6.45) is -0.543. The van der Waals surface area contributed by atoms with E-state index in [-0.39, 0.29) is 29.7 Å². The quantitative estimate of drug-likeness (QED) is 0.321. The van der Waals surface area contributed by atoms with E-state index in [1.165, 1.54) is 0 Å². The number of halogens is 5. The van der Waals surface area contributed by atoms with Crippen molar-refractivity contribution in [1.82, 2.24) is 0 Å². The molecule has 1 heterocycles. The van der Waals surface area contributed by atoms with Crippen LogP contribution in [0.1, 0.15) is 26.7 Å². The van der Waals surface area contributed by atoms with Crippen LogP contribution in [0.15, 0.2) is 29.2 Å². The molecule has 0 N–H and O–H groups in total. The average Bonchev–Trinajstić information content (AvgIpc) is 3.29. The van der Waals surface area contributed by atoms with Crippen LogP contribution < -0.4 is 4.74 Å². The number of ether oxygens (including phenoxy) is 3. The average molecular weight is 484 g/mol. The molecular weight excluding hydrogens is 463 g/mol. The zero-order valence-corrected chi connectivity index (χ0v) is 17.8. The van der Waals surface area contributed by atoms with Crippen molar-refractivity contribution in [3.63, 3.8) is 0 Å². The highest BCUT2D eigenvalue weighted by Gasteiger charge is 2.70. The third-order valence-corrected chi connectivity index (χ3v) is 7.74. The molecule has 0 aromatic heterocycles. The molecule has 1 aromatic carbocycles. The first-order chi connectivity index (χ1) is 14.6. The molecule has 1 aromatic rings. The molecule has 3 aliphatic rings. The molecule has 0 radical (unpaired) electrons. The standard InChI is InChI=1S/C20H21F5O6S/c1-3-9(2)18(26)30-16-12-8-13-15(20(28)31-17(13)16)14(12)19(27)29-10-4-6-11(7-5-10)32(21,22,23,24)25/h4-7,9,12-17H,3,8H2,1-2H3. The summed E-state index contributed by atoms with van der Waals surface area (Å²) in [6.45, 7) is 3.49. The Kier molecular flexibility index (Phi) is 4.69. The van der Waals surface area contributed by atoms with Crippen LogP contribution in [0, 0.1) is 29.6 Å². The van der Waals surface area contributed by atoms with E-state index >= 15 is 0 Å². The van der Waals surface area contributed by atoms with E-state index in [4.69, 9.17) is 14.2 Å². The fourth-order valence-corrected chi connectivity index (χ4v) is 5.49. The largest absolute Gasteiger partial charge is 0.458 e. The van der Waals surface area contributed by atoms with E-state index in [2.05, 4.69) is 0 Å². The lowest BCUT2D eigenvalue weighted by Gasteiger charge is -2.40. The summed E-state index contributed by atoms with van der Waals surface area (Å²) in [5, 5.41) is 0. The number of hydrogen-bond acceptors (Lipinski definition) is 6. The molecule has 6 nitrogen and oxygen atoms in total. The molecule has 2 saturated carbocycles. The number of hydrogen-bond donors (Lipinski definition) is 0. The van der Waals surface area contributed by atoms with Gasteiger partial charge in [0.2, 0.25) is 0 Å². The molecule has 7 atom stereocenters. The minimum absolute atomic E-state index is 0.140. The van der Waals surface area contributed by atoms with Crippen LogP contribution in [0.3, 0.4) is 0 Å². The molecule has 32 heavy (non-hydrogen) atoms. The SMILES string of the molecule is CCC(C)C(=O)OC1C2CC3C1OC(=O)C3C2C(=O)Oc1ccc(S(F)(F)(F)(F)F)cc1. The van der Waals surface area contributed by atoms with E-state index < -0.39 is 63.0 Å². The second-order valence-corrected chi connectivity index (χ2v) is 11.0. The van der Waals surface area contributed by atoms with Crippen molar-refractivity contribution < 1.29 is 48.0 Å². The second-order valence-electron chi connectivity index (χ2n) is 8.59. The summed E-state index contributed by atoms with van der Waals surface area (Å²) in [5.41, 5.74) is 0. The minimum Gasteiger partial charge on any atom is -0.458 e. The number of carbonyl (C=O) groups excluding carboxylic acids is 3. The number of fused-ring (bicyclic) bond motifs is 1. The Bertz CT molecular complexity index is 979. The van der Waals surface area contributed by atoms with Gasteiger partial charge in [-0.2, -0.15) is 0 Å². The molecule has 178 valence electrons. The zero-order chi connectivity index (χ0) is 23.7. The molecule has 4 rings (SSSR count). The Labute approximate surface area is 180 Å².